The van der Waals surface area contributed by atoms with Crippen molar-refractivity contribution < 1.29 is 0 Å². The first kappa shape index (κ1) is 35.0. The van der Waals surface area contributed by atoms with Crippen LogP contribution in [0.5, 0.6) is 0 Å². The normalized spacial score (nSPS) is 30.6. The van der Waals surface area contributed by atoms with Crippen molar-refractivity contribution in [3.63, 3.8) is 0 Å². The van der Waals surface area contributed by atoms with Crippen LogP contribution in [0.4, 0.5) is 0 Å². The molecule has 1 fully saturated rings. The molecule has 9 nitrogen and oxygen atoms in total. The summed E-state index contributed by atoms with van der Waals surface area (Å²) in [7, 11) is -2.63. The quantitative estimate of drug-likeness (QED) is 0.201. The van der Waals surface area contributed by atoms with Crippen molar-refractivity contribution in [2.24, 2.45) is 27.1 Å². The van der Waals surface area contributed by atoms with E-state index in [9.17, 15) is 0 Å². The molecule has 1 aromatic rings. The maximum Gasteiger partial charge on any atom is 0.257 e. The van der Waals surface area contributed by atoms with E-state index in [0.717, 1.165) is 48.4 Å². The Labute approximate surface area is 272 Å². The van der Waals surface area contributed by atoms with Gasteiger partial charge in [0.25, 0.3) is 23.6 Å². The first-order valence-electron chi connectivity index (χ1n) is 11.4. The summed E-state index contributed by atoms with van der Waals surface area (Å²) in [6, 6.07) is 6.16. The first-order chi connectivity index (χ1) is 17.9. The number of unbranched alkanes of at least 4 members (excludes halogenated alkanes) is 1. The van der Waals surface area contributed by atoms with Crippen molar-refractivity contribution in [2.75, 3.05) is 26.2 Å². The average molecular weight is 833 g/mol. The summed E-state index contributed by atoms with van der Waals surface area (Å²) in [5.74, 6) is -12.3. The molecular formula is C15H25Cl8N9P6S. The van der Waals surface area contributed by atoms with Gasteiger partial charge in [-0.3, -0.25) is 10.2 Å². The maximum absolute atomic E-state index is 6.48. The minimum Gasteiger partial charge on any atom is -0.257 e. The van der Waals surface area contributed by atoms with E-state index in [4.69, 9.17) is 99.0 Å². The molecular weight excluding hydrogens is 808 g/mol. The summed E-state index contributed by atoms with van der Waals surface area (Å²) in [6.07, 6.45) is 2.49. The van der Waals surface area contributed by atoms with Crippen molar-refractivity contribution in [3.8, 4) is 0 Å². The van der Waals surface area contributed by atoms with Gasteiger partial charge in [0.05, 0.1) is 0 Å². The zero-order valence-electron chi connectivity index (χ0n) is 20.4. The fraction of sp³-hybridized carbons (Fsp3) is 0.600. The molecule has 3 aliphatic heterocycles. The minimum absolute atomic E-state index is 0.570. The Kier molecular flexibility index (Phi) is 12.1. The molecule has 3 aliphatic rings. The Morgan fingerprint density at radius 3 is 2.13 bits per heavy atom. The molecule has 39 heavy (non-hydrogen) atoms. The summed E-state index contributed by atoms with van der Waals surface area (Å²) in [5, 5.41) is 6.91. The van der Waals surface area contributed by atoms with Gasteiger partial charge < -0.3 is 0 Å². The molecule has 0 amide bonds. The molecule has 1 aromatic carbocycles. The third kappa shape index (κ3) is 9.82. The second kappa shape index (κ2) is 13.5. The van der Waals surface area contributed by atoms with Gasteiger partial charge >= 0.3 is 0 Å². The topological polar surface area (TPSA) is 101 Å². The molecule has 3 heterocycles. The molecule has 222 valence electrons. The minimum atomic E-state index is -3.10. The van der Waals surface area contributed by atoms with Crippen LogP contribution in [0.25, 0.3) is 0 Å². The summed E-state index contributed by atoms with van der Waals surface area (Å²) in [5.41, 5.74) is 2.24. The average Bonchev–Trinajstić information content (AvgIpc) is 2.72. The maximum atomic E-state index is 6.48. The van der Waals surface area contributed by atoms with Gasteiger partial charge in [0, 0.05) is 31.1 Å². The molecule has 0 saturated carbocycles. The third-order valence-corrected chi connectivity index (χ3v) is 32.4. The zero-order chi connectivity index (χ0) is 28.7. The second-order valence-corrected chi connectivity index (χ2v) is 36.1. The monoisotopic (exact) mass is 829 g/mol. The highest BCUT2D eigenvalue weighted by Gasteiger charge is 2.39. The Morgan fingerprint density at radius 1 is 0.846 bits per heavy atom. The number of aryl methyl sites for hydroxylation is 2. The highest BCUT2D eigenvalue weighted by molar-refractivity contribution is 8.59. The molecule has 2 atom stereocenters. The molecule has 0 unspecified atom stereocenters. The van der Waals surface area contributed by atoms with Crippen LogP contribution in [-0.4, -0.2) is 30.8 Å². The summed E-state index contributed by atoms with van der Waals surface area (Å²) in [4.78, 5) is 0.998. The van der Waals surface area contributed by atoms with Gasteiger partial charge in [-0.25, -0.2) is 4.67 Å². The Balaban J connectivity index is 1.51. The van der Waals surface area contributed by atoms with Crippen LogP contribution in [0.1, 0.15) is 30.4 Å². The van der Waals surface area contributed by atoms with E-state index < -0.39 is 37.7 Å². The molecule has 24 heteroatoms. The predicted octanol–water partition coefficient (Wildman–Crippen LogP) is 14.7. The van der Waals surface area contributed by atoms with Crippen molar-refractivity contribution in [1.29, 1.82) is 0 Å². The zero-order valence-corrected chi connectivity index (χ0v) is 32.7. The number of rotatable bonds is 8. The Morgan fingerprint density at radius 2 is 1.49 bits per heavy atom. The third-order valence-electron chi connectivity index (χ3n) is 5.38. The second-order valence-electron chi connectivity index (χ2n) is 8.66. The van der Waals surface area contributed by atoms with Gasteiger partial charge in [0.15, 0.2) is 0 Å². The van der Waals surface area contributed by atoms with E-state index in [1.54, 1.807) is 0 Å². The van der Waals surface area contributed by atoms with Gasteiger partial charge in [-0.15, -0.1) is 0 Å². The van der Waals surface area contributed by atoms with E-state index in [1.165, 1.54) is 11.4 Å². The SMILES string of the molecule is Cc1ccc(S[P@@]2(NCCCCN3CCCN[P@@]34=NP(Cl)(Cl)=NP(Cl)(Cl)=N4)=NP(Cl)(Cl)=NP(Cl)(Cl)=N2)c(C)c1. The number of hydrogen-bond acceptors (Lipinski definition) is 10. The molecule has 0 bridgehead atoms. The lowest BCUT2D eigenvalue weighted by atomic mass is 10.2. The molecule has 1 spiro atoms. The van der Waals surface area contributed by atoms with E-state index in [-0.39, 0.29) is 0 Å². The summed E-state index contributed by atoms with van der Waals surface area (Å²) in [6.45, 7) is 4.04. The number of nitrogens with one attached hydrogen (secondary N) is 2. The van der Waals surface area contributed by atoms with Gasteiger partial charge in [0.1, 0.15) is 0 Å². The van der Waals surface area contributed by atoms with Gasteiger partial charge in [-0.1, -0.05) is 17.7 Å². The summed E-state index contributed by atoms with van der Waals surface area (Å²) >= 11 is 53.0. The molecule has 0 radical (unpaired) electrons. The van der Waals surface area contributed by atoms with Crippen molar-refractivity contribution >= 4 is 139 Å². The van der Waals surface area contributed by atoms with Crippen molar-refractivity contribution in [3.05, 3.63) is 29.3 Å². The molecule has 0 aliphatic carbocycles. The van der Waals surface area contributed by atoms with Crippen LogP contribution in [0, 0.1) is 13.8 Å². The van der Waals surface area contributed by atoms with Gasteiger partial charge in [-0.2, -0.15) is 27.1 Å². The fourth-order valence-corrected chi connectivity index (χ4v) is 40.7. The number of benzene rings is 1. The summed E-state index contributed by atoms with van der Waals surface area (Å²) < 4.78 is 29.1. The van der Waals surface area contributed by atoms with Gasteiger partial charge in [-0.05, 0) is 146 Å². The number of nitrogens with zero attached hydrogens (tertiary/aromatic N) is 7. The lowest BCUT2D eigenvalue weighted by Crippen LogP contribution is -2.36. The largest absolute Gasteiger partial charge is 0.257 e. The van der Waals surface area contributed by atoms with E-state index in [2.05, 4.69) is 39.0 Å². The fourth-order valence-electron chi connectivity index (χ4n) is 3.93. The van der Waals surface area contributed by atoms with Crippen molar-refractivity contribution in [1.82, 2.24) is 14.8 Å². The molecule has 4 rings (SSSR count). The van der Waals surface area contributed by atoms with Crippen LogP contribution in [0.15, 0.2) is 50.2 Å². The lowest BCUT2D eigenvalue weighted by Gasteiger charge is -2.39. The van der Waals surface area contributed by atoms with Crippen LogP contribution in [0.3, 0.4) is 0 Å². The smallest absolute Gasteiger partial charge is 0.257 e. The first-order valence-corrected chi connectivity index (χ1v) is 30.1. The highest BCUT2D eigenvalue weighted by Crippen LogP contribution is 2.88. The number of hydrogen-bond donors (Lipinski definition) is 2. The lowest BCUT2D eigenvalue weighted by molar-refractivity contribution is 0.399. The standard InChI is InChI=1S/C15H25Cl8N9P6S/c1-13-6-7-15(14(2)12-13)39-38(30-35(20,21)27-36(22,23)31-38)25-8-3-4-10-32-11-5-9-24-37(32)28-33(16,17)26-34(18,19)29-37/h6-7,12,24-25H,3-5,8-11H2,1-2H3. The van der Waals surface area contributed by atoms with E-state index in [0.29, 0.717) is 13.1 Å². The van der Waals surface area contributed by atoms with E-state index >= 15 is 0 Å². The van der Waals surface area contributed by atoms with Crippen LogP contribution < -0.4 is 10.2 Å². The number of halogens is 8. The predicted molar refractivity (Wildman–Crippen MR) is 186 cm³/mol. The highest BCUT2D eigenvalue weighted by atomic mass is 35.9. The van der Waals surface area contributed by atoms with E-state index in [1.807, 2.05) is 26.0 Å². The van der Waals surface area contributed by atoms with Crippen LogP contribution in [0.2, 0.25) is 0 Å². The molecule has 2 N–H and O–H groups in total. The van der Waals surface area contributed by atoms with Gasteiger partial charge in [0.2, 0.25) is 14.1 Å². The van der Waals surface area contributed by atoms with Crippen molar-refractivity contribution in [2.45, 2.75) is 38.0 Å². The Hall–Kier alpha value is 3.15. The molecule has 1 saturated heterocycles. The van der Waals surface area contributed by atoms with Crippen LogP contribution in [-0.2, 0) is 0 Å². The Bertz CT molecular complexity index is 1460. The molecule has 0 aromatic heterocycles. The van der Waals surface area contributed by atoms with Crippen LogP contribution >= 0.6 is 139 Å².